The van der Waals surface area contributed by atoms with Crippen molar-refractivity contribution in [1.82, 2.24) is 0 Å². The Balaban J connectivity index is 2.49. The van der Waals surface area contributed by atoms with E-state index < -0.39 is 0 Å². The van der Waals surface area contributed by atoms with Gasteiger partial charge in [0, 0.05) is 12.1 Å². The van der Waals surface area contributed by atoms with E-state index >= 15 is 0 Å². The first kappa shape index (κ1) is 13.7. The molecule has 1 atom stereocenters. The molecule has 0 fully saturated rings. The Morgan fingerprint density at radius 1 is 1.29 bits per heavy atom. The van der Waals surface area contributed by atoms with Gasteiger partial charge in [-0.2, -0.15) is 0 Å². The van der Waals surface area contributed by atoms with Gasteiger partial charge in [-0.25, -0.2) is 0 Å². The molecule has 0 aromatic heterocycles. The number of rotatable bonds is 6. The van der Waals surface area contributed by atoms with E-state index in [4.69, 9.17) is 5.73 Å². The van der Waals surface area contributed by atoms with Gasteiger partial charge in [-0.1, -0.05) is 32.4 Å². The van der Waals surface area contributed by atoms with Crippen LogP contribution in [0.3, 0.4) is 0 Å². The second-order valence-electron chi connectivity index (χ2n) is 4.31. The summed E-state index contributed by atoms with van der Waals surface area (Å²) in [5.74, 6) is 0.330. The molecule has 1 aromatic rings. The van der Waals surface area contributed by atoms with Gasteiger partial charge in [0.25, 0.3) is 0 Å². The number of aryl methyl sites for hydroxylation is 1. The fourth-order valence-electron chi connectivity index (χ4n) is 1.69. The van der Waals surface area contributed by atoms with E-state index in [1.165, 1.54) is 5.56 Å². The second-order valence-corrected chi connectivity index (χ2v) is 4.31. The van der Waals surface area contributed by atoms with Crippen LogP contribution in [0.1, 0.15) is 32.3 Å². The molecule has 1 unspecified atom stereocenters. The average molecular weight is 234 g/mol. The lowest BCUT2D eigenvalue weighted by atomic mass is 10.0. The average Bonchev–Trinajstić information content (AvgIpc) is 2.37. The van der Waals surface area contributed by atoms with Gasteiger partial charge >= 0.3 is 0 Å². The Kier molecular flexibility index (Phi) is 5.70. The summed E-state index contributed by atoms with van der Waals surface area (Å²) >= 11 is 0. The van der Waals surface area contributed by atoms with E-state index in [-0.39, 0.29) is 11.8 Å². The highest BCUT2D eigenvalue weighted by atomic mass is 16.1. The minimum Gasteiger partial charge on any atom is -0.330 e. The van der Waals surface area contributed by atoms with Gasteiger partial charge in [0.05, 0.1) is 0 Å². The monoisotopic (exact) mass is 234 g/mol. The van der Waals surface area contributed by atoms with Crippen molar-refractivity contribution in [2.45, 2.75) is 33.1 Å². The molecule has 3 N–H and O–H groups in total. The van der Waals surface area contributed by atoms with Crippen molar-refractivity contribution in [2.75, 3.05) is 11.9 Å². The Hall–Kier alpha value is -1.35. The van der Waals surface area contributed by atoms with Crippen LogP contribution in [0.15, 0.2) is 24.3 Å². The van der Waals surface area contributed by atoms with Crippen molar-refractivity contribution in [1.29, 1.82) is 0 Å². The second kappa shape index (κ2) is 7.07. The smallest absolute Gasteiger partial charge is 0.224 e. The van der Waals surface area contributed by atoms with E-state index in [1.807, 2.05) is 24.3 Å². The molecule has 0 aliphatic carbocycles. The van der Waals surface area contributed by atoms with Crippen LogP contribution in [-0.4, -0.2) is 12.5 Å². The van der Waals surface area contributed by atoms with Gasteiger partial charge in [-0.3, -0.25) is 4.79 Å². The topological polar surface area (TPSA) is 55.1 Å². The molecule has 1 amide bonds. The summed E-state index contributed by atoms with van der Waals surface area (Å²) in [6.07, 6.45) is 2.46. The summed E-state index contributed by atoms with van der Waals surface area (Å²) in [6.45, 7) is 4.74. The van der Waals surface area contributed by atoms with E-state index in [2.05, 4.69) is 19.2 Å². The van der Waals surface area contributed by atoms with Crippen LogP contribution in [0.4, 0.5) is 5.69 Å². The fourth-order valence-corrected chi connectivity index (χ4v) is 1.69. The van der Waals surface area contributed by atoms with Gasteiger partial charge in [-0.05, 0) is 36.6 Å². The van der Waals surface area contributed by atoms with Crippen LogP contribution in [0.25, 0.3) is 0 Å². The molecule has 0 aliphatic rings. The largest absolute Gasteiger partial charge is 0.330 e. The molecule has 3 nitrogen and oxygen atoms in total. The third-order valence-electron chi connectivity index (χ3n) is 3.03. The highest BCUT2D eigenvalue weighted by Crippen LogP contribution is 2.12. The molecule has 17 heavy (non-hydrogen) atoms. The van der Waals surface area contributed by atoms with Crippen LogP contribution in [0.5, 0.6) is 0 Å². The van der Waals surface area contributed by atoms with Gasteiger partial charge in [0.1, 0.15) is 0 Å². The highest BCUT2D eigenvalue weighted by Gasteiger charge is 2.10. The first-order valence-corrected chi connectivity index (χ1v) is 6.28. The van der Waals surface area contributed by atoms with Crippen LogP contribution < -0.4 is 11.1 Å². The van der Waals surface area contributed by atoms with Gasteiger partial charge in [-0.15, -0.1) is 0 Å². The molecule has 0 bridgehead atoms. The number of nitrogens with two attached hydrogens (primary N) is 1. The highest BCUT2D eigenvalue weighted by molar-refractivity contribution is 5.90. The molecule has 0 saturated heterocycles. The third kappa shape index (κ3) is 4.57. The maximum absolute atomic E-state index is 11.7. The standard InChI is InChI=1S/C14H22N2O/c1-3-11-5-7-13(8-6-11)16-14(17)9-12(4-2)10-15/h5-8,12H,3-4,9-10,15H2,1-2H3,(H,16,17). The fraction of sp³-hybridized carbons (Fsp3) is 0.500. The molecule has 0 saturated carbocycles. The summed E-state index contributed by atoms with van der Waals surface area (Å²) in [7, 11) is 0. The normalized spacial score (nSPS) is 12.2. The molecule has 0 radical (unpaired) electrons. The maximum Gasteiger partial charge on any atom is 0.224 e. The predicted octanol–water partition coefficient (Wildman–Crippen LogP) is 2.56. The van der Waals surface area contributed by atoms with E-state index in [1.54, 1.807) is 0 Å². The summed E-state index contributed by atoms with van der Waals surface area (Å²) in [5.41, 5.74) is 7.72. The zero-order valence-electron chi connectivity index (χ0n) is 10.7. The minimum absolute atomic E-state index is 0.0477. The van der Waals surface area contributed by atoms with Gasteiger partial charge in [0.15, 0.2) is 0 Å². The molecule has 1 aromatic carbocycles. The number of benzene rings is 1. The van der Waals surface area contributed by atoms with Crippen molar-refractivity contribution < 1.29 is 4.79 Å². The molecular formula is C14H22N2O. The quantitative estimate of drug-likeness (QED) is 0.794. The zero-order chi connectivity index (χ0) is 12.7. The lowest BCUT2D eigenvalue weighted by Crippen LogP contribution is -2.21. The van der Waals surface area contributed by atoms with Crippen molar-refractivity contribution in [3.8, 4) is 0 Å². The van der Waals surface area contributed by atoms with Crippen LogP contribution in [0.2, 0.25) is 0 Å². The lowest BCUT2D eigenvalue weighted by molar-refractivity contribution is -0.117. The summed E-state index contributed by atoms with van der Waals surface area (Å²) in [4.78, 5) is 11.7. The minimum atomic E-state index is 0.0477. The number of anilines is 1. The number of nitrogens with one attached hydrogen (secondary N) is 1. The van der Waals surface area contributed by atoms with Crippen molar-refractivity contribution in [2.24, 2.45) is 11.7 Å². The van der Waals surface area contributed by atoms with Gasteiger partial charge in [0.2, 0.25) is 5.91 Å². The molecular weight excluding hydrogens is 212 g/mol. The van der Waals surface area contributed by atoms with Crippen molar-refractivity contribution in [3.63, 3.8) is 0 Å². The first-order chi connectivity index (χ1) is 8.19. The third-order valence-corrected chi connectivity index (χ3v) is 3.03. The number of amides is 1. The molecule has 0 heterocycles. The SMILES string of the molecule is CCc1ccc(NC(=O)CC(CC)CN)cc1. The molecule has 3 heteroatoms. The van der Waals surface area contributed by atoms with Gasteiger partial charge < -0.3 is 11.1 Å². The number of hydrogen-bond donors (Lipinski definition) is 2. The summed E-state index contributed by atoms with van der Waals surface area (Å²) in [5, 5.41) is 2.90. The summed E-state index contributed by atoms with van der Waals surface area (Å²) in [6, 6.07) is 7.96. The number of carbonyl (C=O) groups excluding carboxylic acids is 1. The predicted molar refractivity (Wildman–Crippen MR) is 71.9 cm³/mol. The molecule has 0 aliphatic heterocycles. The Morgan fingerprint density at radius 3 is 2.41 bits per heavy atom. The Morgan fingerprint density at radius 2 is 1.94 bits per heavy atom. The van der Waals surface area contributed by atoms with E-state index in [0.717, 1.165) is 18.5 Å². The molecule has 0 spiro atoms. The van der Waals surface area contributed by atoms with E-state index in [9.17, 15) is 4.79 Å². The Bertz CT molecular complexity index is 342. The zero-order valence-corrected chi connectivity index (χ0v) is 10.7. The van der Waals surface area contributed by atoms with Crippen LogP contribution in [-0.2, 0) is 11.2 Å². The van der Waals surface area contributed by atoms with Crippen LogP contribution >= 0.6 is 0 Å². The Labute approximate surface area is 103 Å². The lowest BCUT2D eigenvalue weighted by Gasteiger charge is -2.12. The van der Waals surface area contributed by atoms with Crippen molar-refractivity contribution >= 4 is 11.6 Å². The summed E-state index contributed by atoms with van der Waals surface area (Å²) < 4.78 is 0. The maximum atomic E-state index is 11.7. The number of hydrogen-bond acceptors (Lipinski definition) is 2. The number of carbonyl (C=O) groups is 1. The first-order valence-electron chi connectivity index (χ1n) is 6.28. The van der Waals surface area contributed by atoms with Crippen molar-refractivity contribution in [3.05, 3.63) is 29.8 Å². The molecule has 1 rings (SSSR count). The van der Waals surface area contributed by atoms with Crippen LogP contribution in [0, 0.1) is 5.92 Å². The van der Waals surface area contributed by atoms with E-state index in [0.29, 0.717) is 13.0 Å². The molecule has 94 valence electrons.